The molecule has 2 aromatic rings. The van der Waals surface area contributed by atoms with Gasteiger partial charge in [0.25, 0.3) is 11.8 Å². The molecule has 0 radical (unpaired) electrons. The molecule has 7 nitrogen and oxygen atoms in total. The van der Waals surface area contributed by atoms with E-state index >= 15 is 0 Å². The molecule has 0 aliphatic carbocycles. The lowest BCUT2D eigenvalue weighted by molar-refractivity contribution is -0.118. The number of aliphatic hydroxyl groups is 1. The Morgan fingerprint density at radius 1 is 1.32 bits per heavy atom. The van der Waals surface area contributed by atoms with Crippen LogP contribution < -0.4 is 11.1 Å². The lowest BCUT2D eigenvalue weighted by Gasteiger charge is -2.07. The molecular formula is C15H15FN2O5S2. The number of carbonyl (C=O) groups excluding carboxylic acids is 2. The number of sulfone groups is 1. The Bertz CT molecular complexity index is 937. The maximum atomic E-state index is 13.5. The van der Waals surface area contributed by atoms with Gasteiger partial charge < -0.3 is 16.2 Å². The van der Waals surface area contributed by atoms with Crippen molar-refractivity contribution in [2.75, 3.05) is 11.9 Å². The van der Waals surface area contributed by atoms with Crippen LogP contribution in [0.25, 0.3) is 0 Å². The van der Waals surface area contributed by atoms with Crippen molar-refractivity contribution in [2.45, 2.75) is 22.4 Å². The molecule has 2 rings (SSSR count). The van der Waals surface area contributed by atoms with Crippen LogP contribution in [-0.2, 0) is 21.1 Å². The zero-order chi connectivity index (χ0) is 18.8. The molecule has 0 aliphatic heterocycles. The summed E-state index contributed by atoms with van der Waals surface area (Å²) in [5.74, 6) is -2.48. The second-order valence-corrected chi connectivity index (χ2v) is 8.18. The molecule has 0 saturated carbocycles. The van der Waals surface area contributed by atoms with Gasteiger partial charge in [-0.25, -0.2) is 12.8 Å². The van der Waals surface area contributed by atoms with E-state index in [1.165, 1.54) is 6.07 Å². The van der Waals surface area contributed by atoms with E-state index in [2.05, 4.69) is 5.32 Å². The van der Waals surface area contributed by atoms with Crippen molar-refractivity contribution in [1.29, 1.82) is 0 Å². The fraction of sp³-hybridized carbons (Fsp3) is 0.200. The van der Waals surface area contributed by atoms with Gasteiger partial charge >= 0.3 is 0 Å². The molecule has 1 aromatic carbocycles. The normalized spacial score (nSPS) is 11.3. The van der Waals surface area contributed by atoms with E-state index in [0.717, 1.165) is 18.2 Å². The first-order valence-electron chi connectivity index (χ1n) is 7.08. The number of amides is 2. The van der Waals surface area contributed by atoms with Crippen LogP contribution in [0.2, 0.25) is 0 Å². The standard InChI is InChI=1S/C15H15FN2O5S2/c1-2-8-3-4-9(16)5-11(8)25(22,23)13-6-10(14(17)21)15(24-13)18-12(20)7-19/h3-6,19H,2,7H2,1H3,(H2,17,21)(H,18,20). The summed E-state index contributed by atoms with van der Waals surface area (Å²) in [6.07, 6.45) is 0.358. The number of aliphatic hydroxyl groups excluding tert-OH is 1. The summed E-state index contributed by atoms with van der Waals surface area (Å²) in [4.78, 5) is 22.6. The van der Waals surface area contributed by atoms with E-state index < -0.39 is 34.1 Å². The molecule has 0 fully saturated rings. The van der Waals surface area contributed by atoms with E-state index in [4.69, 9.17) is 10.8 Å². The van der Waals surface area contributed by atoms with Gasteiger partial charge in [-0.05, 0) is 30.2 Å². The second kappa shape index (κ2) is 7.30. The molecule has 1 heterocycles. The summed E-state index contributed by atoms with van der Waals surface area (Å²) in [6, 6.07) is 4.47. The number of hydrogen-bond acceptors (Lipinski definition) is 6. The maximum absolute atomic E-state index is 13.5. The van der Waals surface area contributed by atoms with Gasteiger partial charge in [-0.3, -0.25) is 9.59 Å². The molecule has 10 heteroatoms. The third-order valence-electron chi connectivity index (χ3n) is 3.34. The number of rotatable bonds is 6. The predicted octanol–water partition coefficient (Wildman–Crippen LogP) is 1.31. The molecule has 134 valence electrons. The van der Waals surface area contributed by atoms with Crippen molar-refractivity contribution >= 4 is 38.0 Å². The number of hydrogen-bond donors (Lipinski definition) is 3. The lowest BCUT2D eigenvalue weighted by atomic mass is 10.2. The highest BCUT2D eigenvalue weighted by Crippen LogP contribution is 2.35. The highest BCUT2D eigenvalue weighted by Gasteiger charge is 2.27. The highest BCUT2D eigenvalue weighted by molar-refractivity contribution is 7.93. The van der Waals surface area contributed by atoms with Gasteiger partial charge in [0.2, 0.25) is 9.84 Å². The number of nitrogens with one attached hydrogen (secondary N) is 1. The number of benzene rings is 1. The number of nitrogens with two attached hydrogens (primary N) is 1. The summed E-state index contributed by atoms with van der Waals surface area (Å²) in [6.45, 7) is 0.879. The summed E-state index contributed by atoms with van der Waals surface area (Å²) in [5, 5.41) is 10.9. The Morgan fingerprint density at radius 3 is 2.56 bits per heavy atom. The molecule has 0 spiro atoms. The highest BCUT2D eigenvalue weighted by atomic mass is 32.2. The SMILES string of the molecule is CCc1ccc(F)cc1S(=O)(=O)c1cc(C(N)=O)c(NC(=O)CO)s1. The first kappa shape index (κ1) is 19.0. The fourth-order valence-electron chi connectivity index (χ4n) is 2.12. The molecule has 25 heavy (non-hydrogen) atoms. The largest absolute Gasteiger partial charge is 0.387 e. The van der Waals surface area contributed by atoms with Gasteiger partial charge in [0, 0.05) is 0 Å². The molecule has 2 amide bonds. The van der Waals surface area contributed by atoms with Crippen LogP contribution in [0.5, 0.6) is 0 Å². The first-order valence-corrected chi connectivity index (χ1v) is 9.38. The zero-order valence-electron chi connectivity index (χ0n) is 13.1. The number of carbonyl (C=O) groups is 2. The van der Waals surface area contributed by atoms with Crippen LogP contribution in [0, 0.1) is 5.82 Å². The average molecular weight is 386 g/mol. The number of aryl methyl sites for hydroxylation is 1. The topological polar surface area (TPSA) is 127 Å². The maximum Gasteiger partial charge on any atom is 0.251 e. The van der Waals surface area contributed by atoms with Crippen molar-refractivity contribution in [3.63, 3.8) is 0 Å². The van der Waals surface area contributed by atoms with Crippen molar-refractivity contribution in [1.82, 2.24) is 0 Å². The minimum Gasteiger partial charge on any atom is -0.387 e. The molecule has 0 bridgehead atoms. The second-order valence-electron chi connectivity index (χ2n) is 4.99. The first-order chi connectivity index (χ1) is 11.7. The van der Waals surface area contributed by atoms with Crippen molar-refractivity contribution in [2.24, 2.45) is 5.73 Å². The number of anilines is 1. The minimum absolute atomic E-state index is 0.0976. The van der Waals surface area contributed by atoms with Crippen LogP contribution in [-0.4, -0.2) is 31.9 Å². The van der Waals surface area contributed by atoms with Gasteiger partial charge in [-0.1, -0.05) is 13.0 Å². The summed E-state index contributed by atoms with van der Waals surface area (Å²) >= 11 is 0.604. The van der Waals surface area contributed by atoms with Crippen LogP contribution in [0.4, 0.5) is 9.39 Å². The summed E-state index contributed by atoms with van der Waals surface area (Å²) < 4.78 is 38.9. The molecule has 0 aliphatic rings. The monoisotopic (exact) mass is 386 g/mol. The zero-order valence-corrected chi connectivity index (χ0v) is 14.7. The van der Waals surface area contributed by atoms with Gasteiger partial charge in [0.1, 0.15) is 21.6 Å². The van der Waals surface area contributed by atoms with Gasteiger partial charge in [-0.15, -0.1) is 11.3 Å². The molecule has 4 N–H and O–H groups in total. The average Bonchev–Trinajstić information content (AvgIpc) is 2.99. The smallest absolute Gasteiger partial charge is 0.251 e. The molecule has 1 aromatic heterocycles. The van der Waals surface area contributed by atoms with E-state index in [9.17, 15) is 22.4 Å². The van der Waals surface area contributed by atoms with E-state index in [-0.39, 0.29) is 19.7 Å². The number of thiophene rings is 1. The Labute approximate surface area is 147 Å². The fourth-order valence-corrected chi connectivity index (χ4v) is 5.21. The van der Waals surface area contributed by atoms with Crippen LogP contribution >= 0.6 is 11.3 Å². The van der Waals surface area contributed by atoms with E-state index in [0.29, 0.717) is 23.3 Å². The number of primary amides is 1. The molecule has 0 atom stereocenters. The summed E-state index contributed by atoms with van der Waals surface area (Å²) in [5.41, 5.74) is 5.41. The Morgan fingerprint density at radius 2 is 2.00 bits per heavy atom. The van der Waals surface area contributed by atoms with Crippen LogP contribution in [0.1, 0.15) is 22.8 Å². The third-order valence-corrected chi connectivity index (χ3v) is 6.70. The quantitative estimate of drug-likeness (QED) is 0.690. The summed E-state index contributed by atoms with van der Waals surface area (Å²) in [7, 11) is -4.12. The van der Waals surface area contributed by atoms with Crippen molar-refractivity contribution in [3.05, 3.63) is 41.2 Å². The minimum atomic E-state index is -4.12. The Hall–Kier alpha value is -2.30. The van der Waals surface area contributed by atoms with Crippen LogP contribution in [0.3, 0.4) is 0 Å². The predicted molar refractivity (Wildman–Crippen MR) is 89.8 cm³/mol. The van der Waals surface area contributed by atoms with Gasteiger partial charge in [-0.2, -0.15) is 0 Å². The van der Waals surface area contributed by atoms with Crippen molar-refractivity contribution in [3.8, 4) is 0 Å². The van der Waals surface area contributed by atoms with Crippen molar-refractivity contribution < 1.29 is 27.5 Å². The van der Waals surface area contributed by atoms with E-state index in [1.807, 2.05) is 0 Å². The Kier molecular flexibility index (Phi) is 5.55. The van der Waals surface area contributed by atoms with Gasteiger partial charge in [0.05, 0.1) is 10.5 Å². The van der Waals surface area contributed by atoms with Gasteiger partial charge in [0.15, 0.2) is 0 Å². The molecule has 0 saturated heterocycles. The molecule has 0 unspecified atom stereocenters. The third kappa shape index (κ3) is 3.86. The lowest BCUT2D eigenvalue weighted by Crippen LogP contribution is -2.18. The van der Waals surface area contributed by atoms with Crippen LogP contribution in [0.15, 0.2) is 33.4 Å². The molecular weight excluding hydrogens is 371 g/mol. The Balaban J connectivity index is 2.61. The van der Waals surface area contributed by atoms with E-state index in [1.54, 1.807) is 6.92 Å². The number of halogens is 1.